The average molecular weight is 370 g/mol. The van der Waals surface area contributed by atoms with Crippen LogP contribution in [0.4, 0.5) is 0 Å². The van der Waals surface area contributed by atoms with E-state index in [0.29, 0.717) is 18.3 Å². The molecule has 144 valence electrons. The molecule has 0 aromatic carbocycles. The predicted molar refractivity (Wildman–Crippen MR) is 95.3 cm³/mol. The molecule has 2 heterocycles. The zero-order valence-corrected chi connectivity index (χ0v) is 15.7. The predicted octanol–water partition coefficient (Wildman–Crippen LogP) is 1.22. The van der Waals surface area contributed by atoms with E-state index in [0.717, 1.165) is 50.9 Å². The van der Waals surface area contributed by atoms with Gasteiger partial charge in [0.2, 0.25) is 5.91 Å². The molecule has 2 aromatic rings. The Balaban J connectivity index is 1.28. The van der Waals surface area contributed by atoms with Gasteiger partial charge in [0.15, 0.2) is 5.82 Å². The van der Waals surface area contributed by atoms with Crippen molar-refractivity contribution in [3.63, 3.8) is 0 Å². The Morgan fingerprint density at radius 2 is 2.11 bits per heavy atom. The van der Waals surface area contributed by atoms with Crippen molar-refractivity contribution in [3.05, 3.63) is 18.5 Å². The highest BCUT2D eigenvalue weighted by Crippen LogP contribution is 2.60. The van der Waals surface area contributed by atoms with E-state index in [1.165, 1.54) is 12.7 Å². The Hall–Kier alpha value is -2.32. The lowest BCUT2D eigenvalue weighted by Crippen LogP contribution is -2.66. The molecular weight excluding hydrogens is 344 g/mol. The van der Waals surface area contributed by atoms with Crippen molar-refractivity contribution < 1.29 is 4.79 Å². The van der Waals surface area contributed by atoms with Crippen molar-refractivity contribution in [2.45, 2.75) is 75.9 Å². The van der Waals surface area contributed by atoms with Gasteiger partial charge in [-0.05, 0) is 68.9 Å². The maximum absolute atomic E-state index is 12.7. The van der Waals surface area contributed by atoms with Gasteiger partial charge in [-0.1, -0.05) is 0 Å². The molecule has 4 aliphatic carbocycles. The van der Waals surface area contributed by atoms with Crippen LogP contribution >= 0.6 is 0 Å². The lowest BCUT2D eigenvalue weighted by atomic mass is 9.50. The first kappa shape index (κ1) is 16.8. The zero-order valence-electron chi connectivity index (χ0n) is 15.7. The molecule has 0 aliphatic heterocycles. The van der Waals surface area contributed by atoms with Crippen LogP contribution in [0.2, 0.25) is 0 Å². The van der Waals surface area contributed by atoms with E-state index in [2.05, 4.69) is 30.8 Å². The van der Waals surface area contributed by atoms with E-state index in [-0.39, 0.29) is 17.0 Å². The van der Waals surface area contributed by atoms with Crippen LogP contribution in [0.15, 0.2) is 12.7 Å². The third kappa shape index (κ3) is 3.02. The minimum atomic E-state index is -0.101. The molecule has 0 radical (unpaired) electrons. The summed E-state index contributed by atoms with van der Waals surface area (Å²) < 4.78 is 1.77. The Kier molecular flexibility index (Phi) is 3.80. The second-order valence-electron chi connectivity index (χ2n) is 8.90. The summed E-state index contributed by atoms with van der Waals surface area (Å²) in [6.07, 6.45) is 11.1. The molecule has 9 heteroatoms. The molecule has 2 unspecified atom stereocenters. The number of rotatable bonds is 6. The normalized spacial score (nSPS) is 34.1. The van der Waals surface area contributed by atoms with Crippen molar-refractivity contribution in [3.8, 4) is 0 Å². The topological polar surface area (TPSA) is 103 Å². The van der Waals surface area contributed by atoms with Gasteiger partial charge in [0.25, 0.3) is 0 Å². The number of carbonyl (C=O) groups is 1. The van der Waals surface area contributed by atoms with Crippen molar-refractivity contribution in [1.29, 1.82) is 0 Å². The Morgan fingerprint density at radius 1 is 1.30 bits per heavy atom. The van der Waals surface area contributed by atoms with Gasteiger partial charge in [-0.3, -0.25) is 9.48 Å². The first-order valence-electron chi connectivity index (χ1n) is 9.95. The molecule has 6 rings (SSSR count). The molecule has 4 fully saturated rings. The van der Waals surface area contributed by atoms with Crippen molar-refractivity contribution in [1.82, 2.24) is 40.3 Å². The number of nitrogens with one attached hydrogen (secondary N) is 1. The summed E-state index contributed by atoms with van der Waals surface area (Å²) >= 11 is 0. The lowest BCUT2D eigenvalue weighted by Gasteiger charge is -2.61. The summed E-state index contributed by atoms with van der Waals surface area (Å²) in [6.45, 7) is 2.61. The summed E-state index contributed by atoms with van der Waals surface area (Å²) in [5.41, 5.74) is -0.171. The van der Waals surface area contributed by atoms with Gasteiger partial charge in [-0.25, -0.2) is 4.98 Å². The second kappa shape index (κ2) is 6.10. The number of hydrogen-bond acceptors (Lipinski definition) is 6. The number of amides is 1. The molecule has 1 amide bonds. The zero-order chi connectivity index (χ0) is 18.5. The quantitative estimate of drug-likeness (QED) is 0.820. The number of tetrazole rings is 1. The van der Waals surface area contributed by atoms with Crippen LogP contribution in [0.25, 0.3) is 0 Å². The first-order chi connectivity index (χ1) is 13.0. The first-order valence-corrected chi connectivity index (χ1v) is 9.95. The van der Waals surface area contributed by atoms with E-state index in [9.17, 15) is 4.79 Å². The third-order valence-corrected chi connectivity index (χ3v) is 6.63. The van der Waals surface area contributed by atoms with E-state index < -0.39 is 0 Å². The minimum Gasteiger partial charge on any atom is -0.351 e. The van der Waals surface area contributed by atoms with Crippen LogP contribution in [-0.2, 0) is 16.9 Å². The van der Waals surface area contributed by atoms with Gasteiger partial charge in [-0.15, -0.1) is 10.2 Å². The van der Waals surface area contributed by atoms with Crippen LogP contribution < -0.4 is 5.32 Å². The number of aryl methyl sites for hydroxylation is 2. The maximum atomic E-state index is 12.7. The van der Waals surface area contributed by atoms with E-state index in [1.807, 2.05) is 11.7 Å². The molecule has 9 nitrogen and oxygen atoms in total. The van der Waals surface area contributed by atoms with Gasteiger partial charge in [0, 0.05) is 18.5 Å². The lowest BCUT2D eigenvalue weighted by molar-refractivity contribution is -0.131. The highest BCUT2D eigenvalue weighted by molar-refractivity contribution is 5.76. The summed E-state index contributed by atoms with van der Waals surface area (Å²) in [7, 11) is 0. The van der Waals surface area contributed by atoms with E-state index in [1.54, 1.807) is 11.0 Å². The van der Waals surface area contributed by atoms with Crippen molar-refractivity contribution in [2.24, 2.45) is 11.8 Å². The number of nitrogens with zero attached hydrogens (tertiary/aromatic N) is 7. The number of carbonyl (C=O) groups excluding carboxylic acids is 1. The monoisotopic (exact) mass is 370 g/mol. The van der Waals surface area contributed by atoms with Gasteiger partial charge in [0.1, 0.15) is 12.7 Å². The minimum absolute atomic E-state index is 0.0701. The fraction of sp³-hybridized carbons (Fsp3) is 0.778. The SMILES string of the molecule is Cc1nnn(C23CC4CC(CC(NC(=O)CCCn5cncn5)(C4)C2)C3)n1. The van der Waals surface area contributed by atoms with E-state index in [4.69, 9.17) is 0 Å². The van der Waals surface area contributed by atoms with Crippen LogP contribution in [0.3, 0.4) is 0 Å². The summed E-state index contributed by atoms with van der Waals surface area (Å²) in [5, 5.41) is 20.5. The molecule has 1 N–H and O–H groups in total. The molecule has 0 saturated heterocycles. The van der Waals surface area contributed by atoms with Crippen molar-refractivity contribution >= 4 is 5.91 Å². The highest BCUT2D eigenvalue weighted by Gasteiger charge is 2.60. The fourth-order valence-electron chi connectivity index (χ4n) is 6.19. The molecule has 27 heavy (non-hydrogen) atoms. The van der Waals surface area contributed by atoms with Crippen LogP contribution in [0.5, 0.6) is 0 Å². The number of aromatic nitrogens is 7. The molecule has 4 bridgehead atoms. The molecule has 4 aliphatic rings. The van der Waals surface area contributed by atoms with Gasteiger partial charge >= 0.3 is 0 Å². The van der Waals surface area contributed by atoms with Crippen molar-refractivity contribution in [2.75, 3.05) is 0 Å². The van der Waals surface area contributed by atoms with Crippen LogP contribution in [0.1, 0.15) is 57.2 Å². The Labute approximate surface area is 157 Å². The fourth-order valence-corrected chi connectivity index (χ4v) is 6.19. The highest BCUT2D eigenvalue weighted by atomic mass is 16.1. The van der Waals surface area contributed by atoms with E-state index >= 15 is 0 Å². The largest absolute Gasteiger partial charge is 0.351 e. The van der Waals surface area contributed by atoms with Gasteiger partial charge < -0.3 is 5.32 Å². The summed E-state index contributed by atoms with van der Waals surface area (Å²) in [4.78, 5) is 18.5. The molecular formula is C18H26N8O. The average Bonchev–Trinajstić information content (AvgIpc) is 3.25. The third-order valence-electron chi connectivity index (χ3n) is 6.63. The second-order valence-corrected chi connectivity index (χ2v) is 8.90. The van der Waals surface area contributed by atoms with Gasteiger partial charge in [0.05, 0.1) is 5.54 Å². The number of hydrogen-bond donors (Lipinski definition) is 1. The molecule has 2 atom stereocenters. The molecule has 0 spiro atoms. The standard InChI is InChI=1S/C18H26N8O/c1-13-22-24-26(23-13)18-8-14-5-15(9-18)7-17(6-14,10-18)21-16(27)3-2-4-25-12-19-11-20-25/h11-12,14-15H,2-10H2,1H3,(H,21,27). The molecule has 2 aromatic heterocycles. The van der Waals surface area contributed by atoms with Crippen LogP contribution in [-0.4, -0.2) is 46.4 Å². The van der Waals surface area contributed by atoms with Gasteiger partial charge in [-0.2, -0.15) is 9.90 Å². The summed E-state index contributed by atoms with van der Waals surface area (Å²) in [6, 6.07) is 0. The van der Waals surface area contributed by atoms with Crippen LogP contribution in [0, 0.1) is 18.8 Å². The smallest absolute Gasteiger partial charge is 0.220 e. The molecule has 4 saturated carbocycles. The summed E-state index contributed by atoms with van der Waals surface area (Å²) in [5.74, 6) is 2.16. The Morgan fingerprint density at radius 3 is 2.78 bits per heavy atom. The Bertz CT molecular complexity index is 814. The maximum Gasteiger partial charge on any atom is 0.220 e.